The Hall–Kier alpha value is -2.62. The molecule has 0 amide bonds. The fraction of sp³-hybridized carbons (Fsp3) is 0.222. The van der Waals surface area contributed by atoms with E-state index >= 15 is 0 Å². The number of hydrogen-bond donors (Lipinski definition) is 0. The lowest BCUT2D eigenvalue weighted by molar-refractivity contribution is 0.340. The monoisotopic (exact) mass is 296 g/mol. The minimum atomic E-state index is 0.665. The van der Waals surface area contributed by atoms with Crippen LogP contribution >= 0.6 is 0 Å². The van der Waals surface area contributed by atoms with Gasteiger partial charge in [-0.25, -0.2) is 0 Å². The molecule has 0 aliphatic carbocycles. The van der Waals surface area contributed by atoms with Gasteiger partial charge in [0.2, 0.25) is 0 Å². The summed E-state index contributed by atoms with van der Waals surface area (Å²) in [6.45, 7) is 4.56. The first-order valence-corrected chi connectivity index (χ1v) is 7.18. The molecule has 4 heteroatoms. The smallest absolute Gasteiger partial charge is 0.119 e. The van der Waals surface area contributed by atoms with Gasteiger partial charge >= 0.3 is 0 Å². The Labute approximate surface area is 131 Å². The standard InChI is InChI=1S/C18H20N2O2/c1-4-22-18-9-5-15(6-10-18)13-19-20-14(2)16-7-11-17(21-3)12-8-16/h5-13H,4H2,1-3H3/b19-13+,20-14+. The average Bonchev–Trinajstić information content (AvgIpc) is 2.56. The van der Waals surface area contributed by atoms with Crippen LogP contribution in [-0.2, 0) is 0 Å². The van der Waals surface area contributed by atoms with Gasteiger partial charge in [0.25, 0.3) is 0 Å². The lowest BCUT2D eigenvalue weighted by Crippen LogP contribution is -1.94. The molecule has 0 fully saturated rings. The van der Waals surface area contributed by atoms with Gasteiger partial charge in [0.1, 0.15) is 11.5 Å². The molecule has 0 N–H and O–H groups in total. The maximum absolute atomic E-state index is 5.40. The Kier molecular flexibility index (Phi) is 5.72. The molecule has 4 nitrogen and oxygen atoms in total. The van der Waals surface area contributed by atoms with Gasteiger partial charge < -0.3 is 9.47 Å². The van der Waals surface area contributed by atoms with E-state index in [1.807, 2.05) is 62.4 Å². The summed E-state index contributed by atoms with van der Waals surface area (Å²) in [6, 6.07) is 15.5. The molecule has 2 rings (SSSR count). The van der Waals surface area contributed by atoms with E-state index in [0.717, 1.165) is 28.3 Å². The first kappa shape index (κ1) is 15.8. The third kappa shape index (κ3) is 4.45. The third-order valence-electron chi connectivity index (χ3n) is 3.11. The van der Waals surface area contributed by atoms with Gasteiger partial charge in [0.05, 0.1) is 25.6 Å². The molecule has 0 aliphatic rings. The molecule has 0 aromatic heterocycles. The van der Waals surface area contributed by atoms with Crippen LogP contribution in [0.5, 0.6) is 11.5 Å². The Balaban J connectivity index is 2.02. The van der Waals surface area contributed by atoms with Crippen molar-refractivity contribution in [3.8, 4) is 11.5 Å². The van der Waals surface area contributed by atoms with Crippen LogP contribution in [0, 0.1) is 0 Å². The van der Waals surface area contributed by atoms with Crippen molar-refractivity contribution in [3.63, 3.8) is 0 Å². The van der Waals surface area contributed by atoms with Crippen LogP contribution in [0.3, 0.4) is 0 Å². The number of methoxy groups -OCH3 is 1. The predicted octanol–water partition coefficient (Wildman–Crippen LogP) is 3.94. The molecule has 0 atom stereocenters. The summed E-state index contributed by atoms with van der Waals surface area (Å²) in [4.78, 5) is 0. The molecule has 0 unspecified atom stereocenters. The van der Waals surface area contributed by atoms with Crippen LogP contribution in [0.15, 0.2) is 58.7 Å². The average molecular weight is 296 g/mol. The van der Waals surface area contributed by atoms with Crippen LogP contribution in [0.25, 0.3) is 0 Å². The highest BCUT2D eigenvalue weighted by atomic mass is 16.5. The second-order valence-electron chi connectivity index (χ2n) is 4.66. The summed E-state index contributed by atoms with van der Waals surface area (Å²) < 4.78 is 10.5. The van der Waals surface area contributed by atoms with Crippen molar-refractivity contribution in [2.75, 3.05) is 13.7 Å². The van der Waals surface area contributed by atoms with Crippen molar-refractivity contribution in [3.05, 3.63) is 59.7 Å². The summed E-state index contributed by atoms with van der Waals surface area (Å²) in [7, 11) is 1.65. The minimum absolute atomic E-state index is 0.665. The minimum Gasteiger partial charge on any atom is -0.497 e. The molecule has 0 saturated heterocycles. The zero-order chi connectivity index (χ0) is 15.8. The van der Waals surface area contributed by atoms with Gasteiger partial charge in [-0.1, -0.05) is 0 Å². The van der Waals surface area contributed by atoms with E-state index < -0.39 is 0 Å². The SMILES string of the molecule is CCOc1ccc(/C=N/N=C(\C)c2ccc(OC)cc2)cc1. The molecule has 2 aromatic rings. The first-order valence-electron chi connectivity index (χ1n) is 7.18. The van der Waals surface area contributed by atoms with Gasteiger partial charge in [-0.2, -0.15) is 10.2 Å². The van der Waals surface area contributed by atoms with Gasteiger partial charge in [-0.3, -0.25) is 0 Å². The van der Waals surface area contributed by atoms with E-state index in [9.17, 15) is 0 Å². The molecule has 0 radical (unpaired) electrons. The van der Waals surface area contributed by atoms with Crippen molar-refractivity contribution >= 4 is 11.9 Å². The number of hydrogen-bond acceptors (Lipinski definition) is 4. The summed E-state index contributed by atoms with van der Waals surface area (Å²) in [5.41, 5.74) is 2.85. The Morgan fingerprint density at radius 2 is 1.64 bits per heavy atom. The quantitative estimate of drug-likeness (QED) is 0.598. The second-order valence-corrected chi connectivity index (χ2v) is 4.66. The zero-order valence-corrected chi connectivity index (χ0v) is 13.1. The van der Waals surface area contributed by atoms with Crippen LogP contribution in [0.4, 0.5) is 0 Å². The molecule has 114 valence electrons. The topological polar surface area (TPSA) is 43.2 Å². The molecule has 0 spiro atoms. The fourth-order valence-electron chi connectivity index (χ4n) is 1.89. The highest BCUT2D eigenvalue weighted by molar-refractivity contribution is 5.99. The van der Waals surface area contributed by atoms with Gasteiger partial charge in [0.15, 0.2) is 0 Å². The molecule has 0 heterocycles. The van der Waals surface area contributed by atoms with E-state index in [1.54, 1.807) is 13.3 Å². The van der Waals surface area contributed by atoms with E-state index in [0.29, 0.717) is 6.61 Å². The maximum atomic E-state index is 5.40. The Morgan fingerprint density at radius 1 is 1.00 bits per heavy atom. The van der Waals surface area contributed by atoms with Crippen molar-refractivity contribution in [1.29, 1.82) is 0 Å². The lowest BCUT2D eigenvalue weighted by atomic mass is 10.1. The molecule has 0 bridgehead atoms. The molecular formula is C18H20N2O2. The predicted molar refractivity (Wildman–Crippen MR) is 90.4 cm³/mol. The lowest BCUT2D eigenvalue weighted by Gasteiger charge is -2.02. The first-order chi connectivity index (χ1) is 10.7. The van der Waals surface area contributed by atoms with Crippen LogP contribution < -0.4 is 9.47 Å². The normalized spacial score (nSPS) is 11.7. The molecule has 0 saturated carbocycles. The highest BCUT2D eigenvalue weighted by Crippen LogP contribution is 2.13. The van der Waals surface area contributed by atoms with Gasteiger partial charge in [-0.15, -0.1) is 0 Å². The molecular weight excluding hydrogens is 276 g/mol. The Morgan fingerprint density at radius 3 is 2.23 bits per heavy atom. The molecule has 0 aliphatic heterocycles. The van der Waals surface area contributed by atoms with E-state index in [1.165, 1.54) is 0 Å². The highest BCUT2D eigenvalue weighted by Gasteiger charge is 1.97. The van der Waals surface area contributed by atoms with E-state index in [2.05, 4.69) is 10.2 Å². The zero-order valence-electron chi connectivity index (χ0n) is 13.1. The van der Waals surface area contributed by atoms with Gasteiger partial charge in [-0.05, 0) is 73.5 Å². The largest absolute Gasteiger partial charge is 0.497 e. The Bertz CT molecular complexity index is 644. The van der Waals surface area contributed by atoms with Crippen molar-refractivity contribution in [2.45, 2.75) is 13.8 Å². The summed E-state index contributed by atoms with van der Waals surface area (Å²) in [5, 5.41) is 8.35. The van der Waals surface area contributed by atoms with Crippen LogP contribution in [0.1, 0.15) is 25.0 Å². The number of rotatable bonds is 6. The molecule has 2 aromatic carbocycles. The maximum Gasteiger partial charge on any atom is 0.119 e. The summed E-state index contributed by atoms with van der Waals surface area (Å²) in [5.74, 6) is 1.69. The number of benzene rings is 2. The molecule has 22 heavy (non-hydrogen) atoms. The van der Waals surface area contributed by atoms with Crippen LogP contribution in [0.2, 0.25) is 0 Å². The number of nitrogens with zero attached hydrogens (tertiary/aromatic N) is 2. The summed E-state index contributed by atoms with van der Waals surface area (Å²) in [6.07, 6.45) is 1.72. The third-order valence-corrected chi connectivity index (χ3v) is 3.11. The fourth-order valence-corrected chi connectivity index (χ4v) is 1.89. The van der Waals surface area contributed by atoms with E-state index in [-0.39, 0.29) is 0 Å². The van der Waals surface area contributed by atoms with Gasteiger partial charge in [0, 0.05) is 0 Å². The van der Waals surface area contributed by atoms with Crippen molar-refractivity contribution < 1.29 is 9.47 Å². The second kappa shape index (κ2) is 7.98. The van der Waals surface area contributed by atoms with Crippen molar-refractivity contribution in [2.24, 2.45) is 10.2 Å². The van der Waals surface area contributed by atoms with Crippen molar-refractivity contribution in [1.82, 2.24) is 0 Å². The van der Waals surface area contributed by atoms with Crippen LogP contribution in [-0.4, -0.2) is 25.6 Å². The summed E-state index contributed by atoms with van der Waals surface area (Å²) >= 11 is 0. The van der Waals surface area contributed by atoms with E-state index in [4.69, 9.17) is 9.47 Å². The number of ether oxygens (including phenoxy) is 2.